The topological polar surface area (TPSA) is 72.2 Å². The molecule has 10 heteroatoms. The number of alkyl halides is 3. The van der Waals surface area contributed by atoms with Gasteiger partial charge in [0, 0.05) is 11.9 Å². The van der Waals surface area contributed by atoms with E-state index in [2.05, 4.69) is 19.8 Å². The first kappa shape index (κ1) is 17.0. The summed E-state index contributed by atoms with van der Waals surface area (Å²) in [7, 11) is 0. The first-order chi connectivity index (χ1) is 12.3. The Morgan fingerprint density at radius 2 is 2.19 bits per heavy atom. The molecule has 3 aromatic rings. The van der Waals surface area contributed by atoms with Crippen LogP contribution >= 0.6 is 11.5 Å². The van der Waals surface area contributed by atoms with Gasteiger partial charge in [-0.2, -0.15) is 18.3 Å². The third-order valence-corrected chi connectivity index (χ3v) is 5.09. The summed E-state index contributed by atoms with van der Waals surface area (Å²) in [4.78, 5) is 17.7. The number of amides is 1. The molecule has 0 radical (unpaired) electrons. The first-order valence-electron chi connectivity index (χ1n) is 7.98. The lowest BCUT2D eigenvalue weighted by atomic mass is 10.1. The van der Waals surface area contributed by atoms with Gasteiger partial charge < -0.3 is 5.32 Å². The van der Waals surface area contributed by atoms with Gasteiger partial charge in [-0.15, -0.1) is 0 Å². The van der Waals surface area contributed by atoms with Crippen molar-refractivity contribution in [3.63, 3.8) is 0 Å². The van der Waals surface area contributed by atoms with Gasteiger partial charge in [0.05, 0.1) is 16.8 Å². The molecule has 3 aromatic heterocycles. The highest BCUT2D eigenvalue weighted by Gasteiger charge is 2.49. The van der Waals surface area contributed by atoms with E-state index in [9.17, 15) is 18.0 Å². The first-order valence-corrected chi connectivity index (χ1v) is 8.76. The fourth-order valence-electron chi connectivity index (χ4n) is 2.86. The number of aryl methyl sites for hydroxylation is 1. The number of nitrogens with zero attached hydrogens (tertiary/aromatic N) is 4. The molecular weight excluding hydrogens is 367 g/mol. The molecule has 3 heterocycles. The molecule has 0 aromatic carbocycles. The minimum atomic E-state index is -4.48. The predicted molar refractivity (Wildman–Crippen MR) is 88.9 cm³/mol. The van der Waals surface area contributed by atoms with Gasteiger partial charge in [0.25, 0.3) is 5.91 Å². The molecule has 1 aliphatic rings. The fourth-order valence-corrected chi connectivity index (χ4v) is 3.42. The van der Waals surface area contributed by atoms with Crippen molar-refractivity contribution in [2.45, 2.75) is 32.0 Å². The van der Waals surface area contributed by atoms with Crippen molar-refractivity contribution in [3.05, 3.63) is 35.8 Å². The maximum absolute atomic E-state index is 13.2. The molecule has 0 unspecified atom stereocenters. The second-order valence-corrected chi connectivity index (χ2v) is 7.12. The van der Waals surface area contributed by atoms with Crippen molar-refractivity contribution < 1.29 is 18.0 Å². The second kappa shape index (κ2) is 6.04. The van der Waals surface area contributed by atoms with Crippen LogP contribution in [0.2, 0.25) is 0 Å². The number of halogens is 3. The molecule has 1 fully saturated rings. The average Bonchev–Trinajstić information content (AvgIpc) is 3.09. The second-order valence-electron chi connectivity index (χ2n) is 6.28. The molecule has 1 saturated carbocycles. The Balaban J connectivity index is 1.71. The lowest BCUT2D eigenvalue weighted by Gasteiger charge is -2.20. The summed E-state index contributed by atoms with van der Waals surface area (Å²) in [6, 6.07) is 1.74. The van der Waals surface area contributed by atoms with Gasteiger partial charge in [0.15, 0.2) is 5.65 Å². The quantitative estimate of drug-likeness (QED) is 0.753. The molecule has 0 saturated heterocycles. The number of carbonyl (C=O) groups excluding carboxylic acids is 1. The van der Waals surface area contributed by atoms with Crippen molar-refractivity contribution in [2.24, 2.45) is 5.92 Å². The van der Waals surface area contributed by atoms with Crippen LogP contribution in [-0.4, -0.2) is 37.1 Å². The van der Waals surface area contributed by atoms with E-state index >= 15 is 0 Å². The molecule has 1 N–H and O–H groups in total. The summed E-state index contributed by atoms with van der Waals surface area (Å²) in [5, 5.41) is 6.21. The van der Waals surface area contributed by atoms with Crippen molar-refractivity contribution in [3.8, 4) is 10.6 Å². The zero-order chi connectivity index (χ0) is 18.5. The third-order valence-electron chi connectivity index (χ3n) is 4.32. The summed E-state index contributed by atoms with van der Waals surface area (Å²) in [6.07, 6.45) is -0.661. The van der Waals surface area contributed by atoms with Crippen LogP contribution in [0.3, 0.4) is 0 Å². The minimum Gasteiger partial charge on any atom is -0.340 e. The summed E-state index contributed by atoms with van der Waals surface area (Å²) < 4.78 is 45.0. The van der Waals surface area contributed by atoms with Crippen molar-refractivity contribution in [1.82, 2.24) is 24.3 Å². The zero-order valence-electron chi connectivity index (χ0n) is 13.6. The number of hydrogen-bond acceptors (Lipinski definition) is 5. The Morgan fingerprint density at radius 1 is 1.42 bits per heavy atom. The minimum absolute atomic E-state index is 0.0226. The summed E-state index contributed by atoms with van der Waals surface area (Å²) in [6.45, 7) is 1.79. The van der Waals surface area contributed by atoms with E-state index in [0.717, 1.165) is 4.88 Å². The van der Waals surface area contributed by atoms with Crippen LogP contribution in [0.5, 0.6) is 0 Å². The van der Waals surface area contributed by atoms with Crippen molar-refractivity contribution in [2.75, 3.05) is 0 Å². The van der Waals surface area contributed by atoms with Gasteiger partial charge in [-0.1, -0.05) is 0 Å². The number of fused-ring (bicyclic) bond motifs is 1. The highest BCUT2D eigenvalue weighted by atomic mass is 32.1. The van der Waals surface area contributed by atoms with Gasteiger partial charge in [0.1, 0.15) is 11.6 Å². The number of rotatable bonds is 4. The maximum Gasteiger partial charge on any atom is 0.408 e. The van der Waals surface area contributed by atoms with Crippen molar-refractivity contribution >= 4 is 23.1 Å². The van der Waals surface area contributed by atoms with E-state index in [0.29, 0.717) is 24.2 Å². The molecule has 26 heavy (non-hydrogen) atoms. The molecule has 0 aliphatic heterocycles. The van der Waals surface area contributed by atoms with Gasteiger partial charge >= 0.3 is 6.18 Å². The molecule has 136 valence electrons. The Labute approximate surface area is 150 Å². The lowest BCUT2D eigenvalue weighted by Crippen LogP contribution is -2.46. The average molecular weight is 381 g/mol. The number of hydrogen-bond donors (Lipinski definition) is 1. The smallest absolute Gasteiger partial charge is 0.340 e. The molecule has 1 atom stereocenters. The van der Waals surface area contributed by atoms with Crippen LogP contribution in [0.4, 0.5) is 13.2 Å². The molecule has 1 amide bonds. The van der Waals surface area contributed by atoms with E-state index in [4.69, 9.17) is 0 Å². The van der Waals surface area contributed by atoms with Gasteiger partial charge in [0.2, 0.25) is 0 Å². The number of nitrogens with one attached hydrogen (secondary N) is 1. The third kappa shape index (κ3) is 3.05. The summed E-state index contributed by atoms with van der Waals surface area (Å²) in [5.74, 6) is -1.37. The van der Waals surface area contributed by atoms with E-state index in [-0.39, 0.29) is 11.2 Å². The van der Waals surface area contributed by atoms with E-state index in [1.54, 1.807) is 25.3 Å². The molecular formula is C16H14F3N5OS. The Kier molecular flexibility index (Phi) is 3.94. The van der Waals surface area contributed by atoms with Gasteiger partial charge in [-0.3, -0.25) is 4.79 Å². The van der Waals surface area contributed by atoms with Gasteiger partial charge in [-0.25, -0.2) is 13.9 Å². The number of aromatic nitrogens is 4. The Hall–Kier alpha value is -2.49. The van der Waals surface area contributed by atoms with Crippen LogP contribution in [-0.2, 0) is 0 Å². The SMILES string of the molecule is Cc1cc(-c2ccns2)nc2c(C(=O)N[C@H](C3CC3)C(F)(F)F)cnn12. The van der Waals surface area contributed by atoms with Crippen LogP contribution in [0, 0.1) is 12.8 Å². The van der Waals surface area contributed by atoms with Crippen molar-refractivity contribution in [1.29, 1.82) is 0 Å². The van der Waals surface area contributed by atoms with Gasteiger partial charge in [-0.05, 0) is 49.3 Å². The standard InChI is InChI=1S/C16H14F3N5OS/c1-8-6-11(12-4-5-21-26-12)22-14-10(7-20-24(8)14)15(25)23-13(9-2-3-9)16(17,18)19/h4-7,9,13H,2-3H2,1H3,(H,23,25)/t13-/m1/s1. The molecule has 6 nitrogen and oxygen atoms in total. The fraction of sp³-hybridized carbons (Fsp3) is 0.375. The predicted octanol–water partition coefficient (Wildman–Crippen LogP) is 3.23. The summed E-state index contributed by atoms with van der Waals surface area (Å²) >= 11 is 1.24. The number of carbonyl (C=O) groups is 1. The van der Waals surface area contributed by atoms with Crippen LogP contribution in [0.1, 0.15) is 28.9 Å². The lowest BCUT2D eigenvalue weighted by molar-refractivity contribution is -0.158. The van der Waals surface area contributed by atoms with E-state index < -0.39 is 24.0 Å². The van der Waals surface area contributed by atoms with Crippen LogP contribution in [0.25, 0.3) is 16.2 Å². The molecule has 0 spiro atoms. The van der Waals surface area contributed by atoms with Crippen LogP contribution < -0.4 is 5.32 Å². The molecule has 0 bridgehead atoms. The largest absolute Gasteiger partial charge is 0.408 e. The monoisotopic (exact) mass is 381 g/mol. The summed E-state index contributed by atoms with van der Waals surface area (Å²) in [5.41, 5.74) is 1.56. The van der Waals surface area contributed by atoms with Crippen LogP contribution in [0.15, 0.2) is 24.5 Å². The highest BCUT2D eigenvalue weighted by Crippen LogP contribution is 2.40. The highest BCUT2D eigenvalue weighted by molar-refractivity contribution is 7.09. The Morgan fingerprint density at radius 3 is 2.81 bits per heavy atom. The maximum atomic E-state index is 13.2. The Bertz CT molecular complexity index is 962. The molecule has 4 rings (SSSR count). The van der Waals surface area contributed by atoms with E-state index in [1.807, 2.05) is 0 Å². The normalized spacial score (nSPS) is 16.0. The molecule has 1 aliphatic carbocycles. The van der Waals surface area contributed by atoms with E-state index in [1.165, 1.54) is 22.2 Å². The zero-order valence-corrected chi connectivity index (χ0v) is 14.4.